The van der Waals surface area contributed by atoms with Crippen LogP contribution in [-0.4, -0.2) is 29.4 Å². The number of fused-ring (bicyclic) bond motifs is 2. The molecule has 0 fully saturated rings. The van der Waals surface area contributed by atoms with Crippen molar-refractivity contribution in [3.05, 3.63) is 85.6 Å². The van der Waals surface area contributed by atoms with Gasteiger partial charge in [0, 0.05) is 53.3 Å². The highest BCUT2D eigenvalue weighted by Crippen LogP contribution is 2.32. The first-order chi connectivity index (χ1) is 14.8. The van der Waals surface area contributed by atoms with Gasteiger partial charge in [-0.05, 0) is 29.8 Å². The molecule has 6 nitrogen and oxygen atoms in total. The first kappa shape index (κ1) is 16.7. The minimum Gasteiger partial charge on any atom is -0.345 e. The van der Waals surface area contributed by atoms with Gasteiger partial charge in [-0.2, -0.15) is 10.2 Å². The van der Waals surface area contributed by atoms with Crippen LogP contribution in [0.2, 0.25) is 0 Å². The number of pyridine rings is 2. The van der Waals surface area contributed by atoms with E-state index in [1.807, 2.05) is 60.7 Å². The van der Waals surface area contributed by atoms with E-state index in [0.29, 0.717) is 0 Å². The summed E-state index contributed by atoms with van der Waals surface area (Å²) in [5.74, 6) is 0. The second kappa shape index (κ2) is 6.42. The molecule has 144 valence electrons. The maximum absolute atomic E-state index is 4.83. The monoisotopic (exact) mass is 390 g/mol. The van der Waals surface area contributed by atoms with Gasteiger partial charge in [0.15, 0.2) is 0 Å². The summed E-state index contributed by atoms with van der Waals surface area (Å²) in [6.45, 7) is 0. The van der Waals surface area contributed by atoms with Crippen molar-refractivity contribution in [3.8, 4) is 33.5 Å². The molecule has 0 aliphatic rings. The van der Waals surface area contributed by atoms with Crippen LogP contribution < -0.4 is 0 Å². The molecule has 0 radical (unpaired) electrons. The summed E-state index contributed by atoms with van der Waals surface area (Å²) < 4.78 is 3.70. The Morgan fingerprint density at radius 2 is 1.73 bits per heavy atom. The molecular formula is C24H18N6. The van der Waals surface area contributed by atoms with Gasteiger partial charge in [0.1, 0.15) is 5.65 Å². The average molecular weight is 390 g/mol. The Morgan fingerprint density at radius 3 is 2.57 bits per heavy atom. The van der Waals surface area contributed by atoms with E-state index in [1.54, 1.807) is 4.68 Å². The van der Waals surface area contributed by atoms with Crippen molar-refractivity contribution in [2.75, 3.05) is 0 Å². The molecule has 0 unspecified atom stereocenters. The molecule has 30 heavy (non-hydrogen) atoms. The molecule has 5 heterocycles. The zero-order valence-electron chi connectivity index (χ0n) is 16.3. The SMILES string of the molecule is Cn1cc(-c2cnn3ccc(-c4c[nH]c5nc(-c6ccccc6)ccc45)cc23)cn1. The van der Waals surface area contributed by atoms with E-state index < -0.39 is 0 Å². The summed E-state index contributed by atoms with van der Waals surface area (Å²) in [6, 6.07) is 18.7. The second-order valence-corrected chi connectivity index (χ2v) is 7.37. The van der Waals surface area contributed by atoms with Crippen LogP contribution in [0.1, 0.15) is 0 Å². The second-order valence-electron chi connectivity index (χ2n) is 7.37. The zero-order valence-corrected chi connectivity index (χ0v) is 16.3. The number of rotatable bonds is 3. The van der Waals surface area contributed by atoms with Crippen molar-refractivity contribution in [1.82, 2.24) is 29.4 Å². The highest BCUT2D eigenvalue weighted by atomic mass is 15.2. The molecule has 0 saturated carbocycles. The highest BCUT2D eigenvalue weighted by molar-refractivity contribution is 5.96. The van der Waals surface area contributed by atoms with E-state index in [9.17, 15) is 0 Å². The lowest BCUT2D eigenvalue weighted by Crippen LogP contribution is -1.88. The normalized spacial score (nSPS) is 11.5. The first-order valence-electron chi connectivity index (χ1n) is 9.76. The molecule has 5 aromatic heterocycles. The summed E-state index contributed by atoms with van der Waals surface area (Å²) in [6.07, 6.45) is 9.78. The molecular weight excluding hydrogens is 372 g/mol. The van der Waals surface area contributed by atoms with Gasteiger partial charge in [-0.25, -0.2) is 9.50 Å². The molecule has 1 N–H and O–H groups in total. The molecule has 0 aliphatic heterocycles. The summed E-state index contributed by atoms with van der Waals surface area (Å²) >= 11 is 0. The molecule has 6 heteroatoms. The van der Waals surface area contributed by atoms with E-state index in [2.05, 4.69) is 51.6 Å². The van der Waals surface area contributed by atoms with Crippen LogP contribution in [0.5, 0.6) is 0 Å². The molecule has 6 rings (SSSR count). The smallest absolute Gasteiger partial charge is 0.138 e. The fourth-order valence-electron chi connectivity index (χ4n) is 3.94. The zero-order chi connectivity index (χ0) is 20.1. The minimum atomic E-state index is 0.882. The molecule has 1 aromatic carbocycles. The van der Waals surface area contributed by atoms with Gasteiger partial charge in [0.2, 0.25) is 0 Å². The summed E-state index contributed by atoms with van der Waals surface area (Å²) in [7, 11) is 1.92. The van der Waals surface area contributed by atoms with Gasteiger partial charge >= 0.3 is 0 Å². The van der Waals surface area contributed by atoms with Crippen molar-refractivity contribution in [3.63, 3.8) is 0 Å². The third-order valence-electron chi connectivity index (χ3n) is 5.46. The Morgan fingerprint density at radius 1 is 0.833 bits per heavy atom. The molecule has 0 bridgehead atoms. The maximum atomic E-state index is 4.83. The molecule has 0 saturated heterocycles. The lowest BCUT2D eigenvalue weighted by Gasteiger charge is -2.04. The number of nitrogens with one attached hydrogen (secondary N) is 1. The van der Waals surface area contributed by atoms with Crippen molar-refractivity contribution in [2.45, 2.75) is 0 Å². The number of aryl methyl sites for hydroxylation is 1. The number of benzene rings is 1. The quantitative estimate of drug-likeness (QED) is 0.465. The standard InChI is InChI=1S/C24H18N6/c1-29-15-18(12-26-29)21-14-27-30-10-9-17(11-23(21)30)20-13-25-24-19(20)7-8-22(28-24)16-5-3-2-4-6-16/h2-15H,1H3,(H,25,28). The van der Waals surface area contributed by atoms with Gasteiger partial charge < -0.3 is 4.98 Å². The largest absolute Gasteiger partial charge is 0.345 e. The van der Waals surface area contributed by atoms with Crippen molar-refractivity contribution >= 4 is 16.6 Å². The number of aromatic nitrogens is 6. The summed E-state index contributed by atoms with van der Waals surface area (Å²) in [4.78, 5) is 8.17. The number of H-pyrrole nitrogens is 1. The Kier molecular flexibility index (Phi) is 3.58. The minimum absolute atomic E-state index is 0.882. The van der Waals surface area contributed by atoms with Gasteiger partial charge in [-0.15, -0.1) is 0 Å². The third kappa shape index (κ3) is 2.62. The van der Waals surface area contributed by atoms with Crippen molar-refractivity contribution < 1.29 is 0 Å². The lowest BCUT2D eigenvalue weighted by molar-refractivity contribution is 0.768. The predicted molar refractivity (Wildman–Crippen MR) is 118 cm³/mol. The van der Waals surface area contributed by atoms with Crippen LogP contribution in [0.4, 0.5) is 0 Å². The van der Waals surface area contributed by atoms with E-state index in [-0.39, 0.29) is 0 Å². The molecule has 0 spiro atoms. The fraction of sp³-hybridized carbons (Fsp3) is 0.0417. The van der Waals surface area contributed by atoms with Crippen LogP contribution in [0.25, 0.3) is 50.1 Å². The van der Waals surface area contributed by atoms with Gasteiger partial charge in [0.25, 0.3) is 0 Å². The average Bonchev–Trinajstić information content (AvgIpc) is 3.51. The Balaban J connectivity index is 1.47. The van der Waals surface area contributed by atoms with Gasteiger partial charge in [0.05, 0.1) is 23.6 Å². The molecule has 0 atom stereocenters. The molecule has 0 aliphatic carbocycles. The topological polar surface area (TPSA) is 63.8 Å². The van der Waals surface area contributed by atoms with E-state index in [0.717, 1.165) is 50.1 Å². The van der Waals surface area contributed by atoms with Crippen LogP contribution in [-0.2, 0) is 7.05 Å². The van der Waals surface area contributed by atoms with Gasteiger partial charge in [-0.1, -0.05) is 30.3 Å². The number of hydrogen-bond donors (Lipinski definition) is 1. The van der Waals surface area contributed by atoms with Gasteiger partial charge in [-0.3, -0.25) is 4.68 Å². The Bertz CT molecular complexity index is 1500. The van der Waals surface area contributed by atoms with E-state index in [4.69, 9.17) is 4.98 Å². The Labute approximate surface area is 172 Å². The van der Waals surface area contributed by atoms with Crippen LogP contribution in [0, 0.1) is 0 Å². The molecule has 6 aromatic rings. The van der Waals surface area contributed by atoms with Crippen molar-refractivity contribution in [1.29, 1.82) is 0 Å². The van der Waals surface area contributed by atoms with Crippen LogP contribution in [0.15, 0.2) is 85.6 Å². The summed E-state index contributed by atoms with van der Waals surface area (Å²) in [5.41, 5.74) is 8.36. The third-order valence-corrected chi connectivity index (χ3v) is 5.46. The highest BCUT2D eigenvalue weighted by Gasteiger charge is 2.13. The number of hydrogen-bond acceptors (Lipinski definition) is 3. The number of aromatic amines is 1. The van der Waals surface area contributed by atoms with Crippen LogP contribution in [0.3, 0.4) is 0 Å². The number of nitrogens with zero attached hydrogens (tertiary/aromatic N) is 5. The van der Waals surface area contributed by atoms with E-state index >= 15 is 0 Å². The predicted octanol–water partition coefficient (Wildman–Crippen LogP) is 4.95. The van der Waals surface area contributed by atoms with Crippen molar-refractivity contribution in [2.24, 2.45) is 7.05 Å². The first-order valence-corrected chi connectivity index (χ1v) is 9.76. The molecule has 0 amide bonds. The maximum Gasteiger partial charge on any atom is 0.138 e. The Hall–Kier alpha value is -4.19. The summed E-state index contributed by atoms with van der Waals surface area (Å²) in [5, 5.41) is 9.88. The van der Waals surface area contributed by atoms with E-state index in [1.165, 1.54) is 0 Å². The van der Waals surface area contributed by atoms with Crippen LogP contribution >= 0.6 is 0 Å². The fourth-order valence-corrected chi connectivity index (χ4v) is 3.94. The lowest BCUT2D eigenvalue weighted by atomic mass is 10.0.